The molecule has 0 radical (unpaired) electrons. The van der Waals surface area contributed by atoms with Gasteiger partial charge in [0.2, 0.25) is 0 Å². The average Bonchev–Trinajstić information content (AvgIpc) is 2.86. The molecule has 96 valence electrons. The fourth-order valence-corrected chi connectivity index (χ4v) is 3.17. The summed E-state index contributed by atoms with van der Waals surface area (Å²) in [4.78, 5) is 0. The number of thioether (sulfide) groups is 1. The Hall–Kier alpha value is -1.34. The summed E-state index contributed by atoms with van der Waals surface area (Å²) in [6.07, 6.45) is 5.76. The van der Waals surface area contributed by atoms with E-state index in [1.807, 2.05) is 30.0 Å². The number of nitrogens with zero attached hydrogens (tertiary/aromatic N) is 1. The third kappa shape index (κ3) is 2.91. The van der Waals surface area contributed by atoms with Gasteiger partial charge in [0.25, 0.3) is 0 Å². The molecule has 0 aromatic heterocycles. The second-order valence-electron chi connectivity index (χ2n) is 4.54. The Kier molecular flexibility index (Phi) is 4.38. The lowest BCUT2D eigenvalue weighted by Crippen LogP contribution is -2.16. The molecule has 1 fully saturated rings. The standard InChI is InChI=1S/C14H18N2OS/c1-17-12-5-3-10(9-15)14(8-12)16-11-4-6-13(7-11)18-2/h3,5,8,11,13,16H,4,6-7H2,1-2H3. The van der Waals surface area contributed by atoms with Crippen molar-refractivity contribution in [3.8, 4) is 11.8 Å². The molecule has 18 heavy (non-hydrogen) atoms. The Labute approximate surface area is 113 Å². The second kappa shape index (κ2) is 6.01. The van der Waals surface area contributed by atoms with Crippen LogP contribution in [0, 0.1) is 11.3 Å². The molecule has 2 rings (SSSR count). The molecule has 1 aliphatic rings. The predicted molar refractivity (Wildman–Crippen MR) is 76.3 cm³/mol. The van der Waals surface area contributed by atoms with Crippen molar-refractivity contribution in [1.82, 2.24) is 0 Å². The fourth-order valence-electron chi connectivity index (χ4n) is 2.37. The maximum Gasteiger partial charge on any atom is 0.121 e. The van der Waals surface area contributed by atoms with E-state index in [2.05, 4.69) is 17.6 Å². The Bertz CT molecular complexity index is 456. The lowest BCUT2D eigenvalue weighted by Gasteiger charge is -2.16. The summed E-state index contributed by atoms with van der Waals surface area (Å²) in [5, 5.41) is 13.4. The van der Waals surface area contributed by atoms with E-state index in [1.165, 1.54) is 19.3 Å². The number of nitrogens with one attached hydrogen (secondary N) is 1. The molecule has 0 amide bonds. The van der Waals surface area contributed by atoms with Crippen LogP contribution in [0.2, 0.25) is 0 Å². The van der Waals surface area contributed by atoms with Gasteiger partial charge in [-0.2, -0.15) is 17.0 Å². The number of hydrogen-bond acceptors (Lipinski definition) is 4. The van der Waals surface area contributed by atoms with Gasteiger partial charge in [0, 0.05) is 17.4 Å². The molecule has 1 aliphatic carbocycles. The molecule has 1 saturated carbocycles. The molecular weight excluding hydrogens is 244 g/mol. The number of ether oxygens (including phenoxy) is 1. The lowest BCUT2D eigenvalue weighted by atomic mass is 10.1. The van der Waals surface area contributed by atoms with Crippen molar-refractivity contribution in [2.45, 2.75) is 30.6 Å². The van der Waals surface area contributed by atoms with Gasteiger partial charge < -0.3 is 10.1 Å². The molecule has 1 aromatic rings. The maximum absolute atomic E-state index is 9.12. The molecule has 0 saturated heterocycles. The minimum atomic E-state index is 0.474. The van der Waals surface area contributed by atoms with Crippen molar-refractivity contribution in [2.24, 2.45) is 0 Å². The lowest BCUT2D eigenvalue weighted by molar-refractivity contribution is 0.415. The van der Waals surface area contributed by atoms with Crippen molar-refractivity contribution in [3.63, 3.8) is 0 Å². The zero-order valence-electron chi connectivity index (χ0n) is 10.8. The van der Waals surface area contributed by atoms with Gasteiger partial charge in [0.1, 0.15) is 11.8 Å². The summed E-state index contributed by atoms with van der Waals surface area (Å²) in [6, 6.07) is 8.23. The smallest absolute Gasteiger partial charge is 0.121 e. The van der Waals surface area contributed by atoms with Gasteiger partial charge in [-0.25, -0.2) is 0 Å². The molecule has 0 aliphatic heterocycles. The van der Waals surface area contributed by atoms with Gasteiger partial charge in [-0.05, 0) is 37.7 Å². The first-order valence-corrected chi connectivity index (χ1v) is 7.43. The highest BCUT2D eigenvalue weighted by Crippen LogP contribution is 2.31. The summed E-state index contributed by atoms with van der Waals surface area (Å²) < 4.78 is 5.21. The Morgan fingerprint density at radius 3 is 2.89 bits per heavy atom. The van der Waals surface area contributed by atoms with E-state index in [0.717, 1.165) is 16.7 Å². The number of hydrogen-bond donors (Lipinski definition) is 1. The first-order valence-electron chi connectivity index (χ1n) is 6.14. The van der Waals surface area contributed by atoms with Gasteiger partial charge >= 0.3 is 0 Å². The van der Waals surface area contributed by atoms with E-state index < -0.39 is 0 Å². The van der Waals surface area contributed by atoms with Gasteiger partial charge in [-0.1, -0.05) is 0 Å². The number of benzene rings is 1. The van der Waals surface area contributed by atoms with E-state index in [1.54, 1.807) is 7.11 Å². The minimum Gasteiger partial charge on any atom is -0.497 e. The Morgan fingerprint density at radius 1 is 1.44 bits per heavy atom. The first kappa shape index (κ1) is 13.1. The van der Waals surface area contributed by atoms with Crippen LogP contribution in [-0.4, -0.2) is 24.7 Å². The molecule has 1 N–H and O–H groups in total. The van der Waals surface area contributed by atoms with Gasteiger partial charge in [0.15, 0.2) is 0 Å². The van der Waals surface area contributed by atoms with Gasteiger partial charge in [-0.15, -0.1) is 0 Å². The first-order chi connectivity index (χ1) is 8.76. The highest BCUT2D eigenvalue weighted by molar-refractivity contribution is 7.99. The van der Waals surface area contributed by atoms with E-state index in [9.17, 15) is 0 Å². The normalized spacial score (nSPS) is 22.5. The summed E-state index contributed by atoms with van der Waals surface area (Å²) in [5.41, 5.74) is 1.58. The van der Waals surface area contributed by atoms with Crippen molar-refractivity contribution >= 4 is 17.4 Å². The van der Waals surface area contributed by atoms with Gasteiger partial charge in [0.05, 0.1) is 18.4 Å². The molecule has 2 unspecified atom stereocenters. The summed E-state index contributed by atoms with van der Waals surface area (Å²) in [6.45, 7) is 0. The van der Waals surface area contributed by atoms with Gasteiger partial charge in [-0.3, -0.25) is 0 Å². The van der Waals surface area contributed by atoms with Crippen LogP contribution in [0.4, 0.5) is 5.69 Å². The minimum absolute atomic E-state index is 0.474. The largest absolute Gasteiger partial charge is 0.497 e. The van der Waals surface area contributed by atoms with Crippen LogP contribution in [0.15, 0.2) is 18.2 Å². The highest BCUT2D eigenvalue weighted by atomic mass is 32.2. The van der Waals surface area contributed by atoms with Crippen molar-refractivity contribution in [2.75, 3.05) is 18.7 Å². The van der Waals surface area contributed by atoms with E-state index in [-0.39, 0.29) is 0 Å². The third-order valence-corrected chi connectivity index (χ3v) is 4.52. The van der Waals surface area contributed by atoms with Crippen LogP contribution >= 0.6 is 11.8 Å². The Balaban J connectivity index is 2.11. The summed E-state index contributed by atoms with van der Waals surface area (Å²) in [5.74, 6) is 0.788. The maximum atomic E-state index is 9.12. The highest BCUT2D eigenvalue weighted by Gasteiger charge is 2.24. The SMILES string of the molecule is COc1ccc(C#N)c(NC2CCC(SC)C2)c1. The average molecular weight is 262 g/mol. The number of rotatable bonds is 4. The molecule has 0 heterocycles. The van der Waals surface area contributed by atoms with Crippen LogP contribution in [0.1, 0.15) is 24.8 Å². The Morgan fingerprint density at radius 2 is 2.28 bits per heavy atom. The monoisotopic (exact) mass is 262 g/mol. The van der Waals surface area contributed by atoms with Crippen LogP contribution < -0.4 is 10.1 Å². The van der Waals surface area contributed by atoms with Crippen LogP contribution in [0.25, 0.3) is 0 Å². The topological polar surface area (TPSA) is 45.0 Å². The number of anilines is 1. The second-order valence-corrected chi connectivity index (χ2v) is 5.67. The number of methoxy groups -OCH3 is 1. The molecular formula is C14H18N2OS. The van der Waals surface area contributed by atoms with E-state index in [4.69, 9.17) is 10.00 Å². The molecule has 4 heteroatoms. The van der Waals surface area contributed by atoms with E-state index >= 15 is 0 Å². The summed E-state index contributed by atoms with van der Waals surface area (Å²) >= 11 is 1.93. The molecule has 1 aromatic carbocycles. The molecule has 2 atom stereocenters. The molecule has 0 bridgehead atoms. The van der Waals surface area contributed by atoms with Crippen LogP contribution in [0.5, 0.6) is 5.75 Å². The van der Waals surface area contributed by atoms with E-state index in [0.29, 0.717) is 11.6 Å². The van der Waals surface area contributed by atoms with Crippen molar-refractivity contribution in [1.29, 1.82) is 5.26 Å². The van der Waals surface area contributed by atoms with Crippen molar-refractivity contribution < 1.29 is 4.74 Å². The summed E-state index contributed by atoms with van der Waals surface area (Å²) in [7, 11) is 1.64. The third-order valence-electron chi connectivity index (χ3n) is 3.42. The van der Waals surface area contributed by atoms with Crippen molar-refractivity contribution in [3.05, 3.63) is 23.8 Å². The quantitative estimate of drug-likeness (QED) is 0.904. The number of nitriles is 1. The molecule has 3 nitrogen and oxygen atoms in total. The zero-order chi connectivity index (χ0) is 13.0. The predicted octanol–water partition coefficient (Wildman–Crippen LogP) is 3.26. The fraction of sp³-hybridized carbons (Fsp3) is 0.500. The van der Waals surface area contributed by atoms with Crippen LogP contribution in [-0.2, 0) is 0 Å². The zero-order valence-corrected chi connectivity index (χ0v) is 11.6. The van der Waals surface area contributed by atoms with Crippen LogP contribution in [0.3, 0.4) is 0 Å². The molecule has 0 spiro atoms.